The van der Waals surface area contributed by atoms with Crippen molar-refractivity contribution in [3.8, 4) is 0 Å². The maximum absolute atomic E-state index is 13.2. The molecule has 4 rings (SSSR count). The van der Waals surface area contributed by atoms with Gasteiger partial charge in [0.1, 0.15) is 0 Å². The summed E-state index contributed by atoms with van der Waals surface area (Å²) < 4.78 is 2.72. The molecule has 0 radical (unpaired) electrons. The van der Waals surface area contributed by atoms with Crippen LogP contribution in [0.4, 0.5) is 10.8 Å². The lowest BCUT2D eigenvalue weighted by molar-refractivity contribution is 0.541. The fourth-order valence-corrected chi connectivity index (χ4v) is 5.44. The van der Waals surface area contributed by atoms with E-state index in [9.17, 15) is 4.79 Å². The largest absolute Gasteiger partial charge is 0.332 e. The first kappa shape index (κ1) is 23.0. The van der Waals surface area contributed by atoms with Gasteiger partial charge in [0.25, 0.3) is 5.56 Å². The summed E-state index contributed by atoms with van der Waals surface area (Å²) in [6.07, 6.45) is 3.17. The molecule has 0 saturated heterocycles. The summed E-state index contributed by atoms with van der Waals surface area (Å²) in [4.78, 5) is 22.7. The van der Waals surface area contributed by atoms with Gasteiger partial charge in [-0.15, -0.1) is 11.3 Å². The molecule has 2 aromatic heterocycles. The number of thiazole rings is 1. The monoisotopic (exact) mass is 528 g/mol. The number of anilines is 2. The van der Waals surface area contributed by atoms with Gasteiger partial charge in [-0.25, -0.2) is 9.97 Å². The van der Waals surface area contributed by atoms with E-state index in [0.717, 1.165) is 50.9 Å². The molecular weight excluding hydrogens is 504 g/mol. The van der Waals surface area contributed by atoms with Crippen LogP contribution in [0.25, 0.3) is 10.9 Å². The third-order valence-electron chi connectivity index (χ3n) is 5.07. The van der Waals surface area contributed by atoms with Crippen LogP contribution in [0.3, 0.4) is 0 Å². The van der Waals surface area contributed by atoms with E-state index in [1.54, 1.807) is 23.1 Å². The van der Waals surface area contributed by atoms with Crippen LogP contribution in [0.15, 0.2) is 62.3 Å². The maximum Gasteiger partial charge on any atom is 0.262 e. The average molecular weight is 530 g/mol. The standard InChI is InChI=1S/C24H25BrN4OS2/c1-3-4-5-12-29-22(30)20-13-17(25)8-11-21(20)28-24(29)32-15-19-14-31-23(27-19)26-18-9-6-16(2)7-10-18/h6-11,13-14H,3-5,12,15H2,1-2H3,(H,26,27). The quantitative estimate of drug-likeness (QED) is 0.142. The van der Waals surface area contributed by atoms with Gasteiger partial charge in [-0.3, -0.25) is 9.36 Å². The minimum absolute atomic E-state index is 0.0231. The van der Waals surface area contributed by atoms with Crippen LogP contribution in [-0.4, -0.2) is 14.5 Å². The number of halogens is 1. The SMILES string of the molecule is CCCCCn1c(SCc2csc(Nc3ccc(C)cc3)n2)nc2ccc(Br)cc2c1=O. The second kappa shape index (κ2) is 10.6. The highest BCUT2D eigenvalue weighted by Gasteiger charge is 2.13. The Bertz CT molecular complexity index is 1270. The van der Waals surface area contributed by atoms with E-state index in [1.807, 2.05) is 22.8 Å². The van der Waals surface area contributed by atoms with E-state index in [4.69, 9.17) is 9.97 Å². The number of benzene rings is 2. The molecule has 1 N–H and O–H groups in total. The fourth-order valence-electron chi connectivity index (χ4n) is 3.33. The molecule has 0 aliphatic carbocycles. The third kappa shape index (κ3) is 5.60. The molecular formula is C24H25BrN4OS2. The summed E-state index contributed by atoms with van der Waals surface area (Å²) in [5.74, 6) is 0.661. The highest BCUT2D eigenvalue weighted by molar-refractivity contribution is 9.10. The Morgan fingerprint density at radius 3 is 2.72 bits per heavy atom. The first-order valence-electron chi connectivity index (χ1n) is 10.6. The number of nitrogens with one attached hydrogen (secondary N) is 1. The zero-order valence-corrected chi connectivity index (χ0v) is 21.3. The van der Waals surface area contributed by atoms with Crippen LogP contribution in [0.1, 0.15) is 37.4 Å². The third-order valence-corrected chi connectivity index (χ3v) is 7.38. The molecule has 0 fully saturated rings. The van der Waals surface area contributed by atoms with Gasteiger partial charge in [-0.1, -0.05) is 65.2 Å². The second-order valence-corrected chi connectivity index (χ2v) is 10.4. The number of aryl methyl sites for hydroxylation is 1. The van der Waals surface area contributed by atoms with E-state index in [0.29, 0.717) is 17.7 Å². The molecule has 0 saturated carbocycles. The number of aromatic nitrogens is 3. The molecule has 32 heavy (non-hydrogen) atoms. The van der Waals surface area contributed by atoms with Crippen molar-refractivity contribution in [3.63, 3.8) is 0 Å². The van der Waals surface area contributed by atoms with Gasteiger partial charge in [-0.2, -0.15) is 0 Å². The Hall–Kier alpha value is -2.16. The predicted octanol–water partition coefficient (Wildman–Crippen LogP) is 7.15. The average Bonchev–Trinajstić information content (AvgIpc) is 3.23. The molecule has 0 spiro atoms. The second-order valence-electron chi connectivity index (χ2n) is 7.64. The molecule has 8 heteroatoms. The van der Waals surface area contributed by atoms with Crippen LogP contribution in [0.5, 0.6) is 0 Å². The van der Waals surface area contributed by atoms with Gasteiger partial charge in [-0.05, 0) is 43.7 Å². The summed E-state index contributed by atoms with van der Waals surface area (Å²) >= 11 is 6.62. The van der Waals surface area contributed by atoms with Crippen molar-refractivity contribution in [1.82, 2.24) is 14.5 Å². The van der Waals surface area contributed by atoms with Gasteiger partial charge < -0.3 is 5.32 Å². The number of hydrogen-bond acceptors (Lipinski definition) is 6. The smallest absolute Gasteiger partial charge is 0.262 e. The Kier molecular flexibility index (Phi) is 7.65. The van der Waals surface area contributed by atoms with Crippen molar-refractivity contribution >= 4 is 60.8 Å². The highest BCUT2D eigenvalue weighted by atomic mass is 79.9. The van der Waals surface area contributed by atoms with Crippen LogP contribution < -0.4 is 10.9 Å². The Balaban J connectivity index is 1.53. The topological polar surface area (TPSA) is 59.8 Å². The molecule has 5 nitrogen and oxygen atoms in total. The number of fused-ring (bicyclic) bond motifs is 1. The van der Waals surface area contributed by atoms with Crippen molar-refractivity contribution in [2.45, 2.75) is 50.6 Å². The fraction of sp³-hybridized carbons (Fsp3) is 0.292. The lowest BCUT2D eigenvalue weighted by Gasteiger charge is -2.13. The van der Waals surface area contributed by atoms with Crippen molar-refractivity contribution in [3.05, 3.63) is 73.9 Å². The van der Waals surface area contributed by atoms with Crippen molar-refractivity contribution in [2.24, 2.45) is 0 Å². The predicted molar refractivity (Wildman–Crippen MR) is 139 cm³/mol. The number of thioether (sulfide) groups is 1. The van der Waals surface area contributed by atoms with E-state index < -0.39 is 0 Å². The minimum Gasteiger partial charge on any atom is -0.332 e. The molecule has 0 unspecified atom stereocenters. The normalized spacial score (nSPS) is 11.2. The Morgan fingerprint density at radius 1 is 1.12 bits per heavy atom. The minimum atomic E-state index is 0.0231. The number of unbranched alkanes of at least 4 members (excludes halogenated alkanes) is 2. The van der Waals surface area contributed by atoms with Crippen molar-refractivity contribution in [2.75, 3.05) is 5.32 Å². The van der Waals surface area contributed by atoms with E-state index in [1.165, 1.54) is 5.56 Å². The number of nitrogens with zero attached hydrogens (tertiary/aromatic N) is 3. The van der Waals surface area contributed by atoms with E-state index in [-0.39, 0.29) is 5.56 Å². The van der Waals surface area contributed by atoms with Gasteiger partial charge in [0, 0.05) is 27.8 Å². The number of hydrogen-bond donors (Lipinski definition) is 1. The van der Waals surface area contributed by atoms with Gasteiger partial charge >= 0.3 is 0 Å². The number of rotatable bonds is 9. The molecule has 4 aromatic rings. The Labute approximate surface area is 204 Å². The van der Waals surface area contributed by atoms with Crippen LogP contribution in [0, 0.1) is 6.92 Å². The van der Waals surface area contributed by atoms with Crippen molar-refractivity contribution < 1.29 is 0 Å². The zero-order chi connectivity index (χ0) is 22.5. The molecule has 0 atom stereocenters. The summed E-state index contributed by atoms with van der Waals surface area (Å²) in [5, 5.41) is 7.68. The highest BCUT2D eigenvalue weighted by Crippen LogP contribution is 2.27. The molecule has 2 aromatic carbocycles. The molecule has 0 aliphatic rings. The van der Waals surface area contributed by atoms with E-state index in [2.05, 4.69) is 64.7 Å². The Morgan fingerprint density at radius 2 is 1.94 bits per heavy atom. The summed E-state index contributed by atoms with van der Waals surface area (Å²) in [5.41, 5.74) is 3.98. The van der Waals surface area contributed by atoms with Gasteiger partial charge in [0.2, 0.25) is 0 Å². The molecule has 2 heterocycles. The lowest BCUT2D eigenvalue weighted by Crippen LogP contribution is -2.23. The van der Waals surface area contributed by atoms with Crippen LogP contribution in [-0.2, 0) is 12.3 Å². The van der Waals surface area contributed by atoms with Gasteiger partial charge in [0.15, 0.2) is 10.3 Å². The molecule has 166 valence electrons. The first-order chi connectivity index (χ1) is 15.5. The summed E-state index contributed by atoms with van der Waals surface area (Å²) in [6, 6.07) is 13.9. The molecule has 0 aliphatic heterocycles. The summed E-state index contributed by atoms with van der Waals surface area (Å²) in [6.45, 7) is 4.92. The van der Waals surface area contributed by atoms with E-state index >= 15 is 0 Å². The molecule has 0 amide bonds. The van der Waals surface area contributed by atoms with Crippen LogP contribution >= 0.6 is 39.0 Å². The first-order valence-corrected chi connectivity index (χ1v) is 13.3. The summed E-state index contributed by atoms with van der Waals surface area (Å²) in [7, 11) is 0. The van der Waals surface area contributed by atoms with Crippen molar-refractivity contribution in [1.29, 1.82) is 0 Å². The van der Waals surface area contributed by atoms with Crippen LogP contribution in [0.2, 0.25) is 0 Å². The zero-order valence-electron chi connectivity index (χ0n) is 18.1. The lowest BCUT2D eigenvalue weighted by atomic mass is 10.2. The van der Waals surface area contributed by atoms with Gasteiger partial charge in [0.05, 0.1) is 16.6 Å². The molecule has 0 bridgehead atoms. The maximum atomic E-state index is 13.2.